The van der Waals surface area contributed by atoms with Gasteiger partial charge in [-0.1, -0.05) is 13.8 Å². The third-order valence-corrected chi connectivity index (χ3v) is 7.22. The molecule has 2 aliphatic heterocycles. The number of halogens is 4. The van der Waals surface area contributed by atoms with Crippen molar-refractivity contribution in [1.82, 2.24) is 20.3 Å². The fraction of sp³-hybridized carbons (Fsp3) is 0.480. The second-order valence-corrected chi connectivity index (χ2v) is 9.48. The third-order valence-electron chi connectivity index (χ3n) is 7.22. The van der Waals surface area contributed by atoms with Gasteiger partial charge in [-0.2, -0.15) is 9.97 Å². The van der Waals surface area contributed by atoms with Crippen LogP contribution in [-0.4, -0.2) is 59.8 Å². The maximum atomic E-state index is 16.2. The smallest absolute Gasteiger partial charge is 0.318 e. The maximum Gasteiger partial charge on any atom is 0.318 e. The van der Waals surface area contributed by atoms with Gasteiger partial charge in [0.05, 0.1) is 18.8 Å². The maximum absolute atomic E-state index is 16.2. The van der Waals surface area contributed by atoms with Crippen molar-refractivity contribution in [2.75, 3.05) is 30.8 Å². The van der Waals surface area contributed by atoms with Crippen molar-refractivity contribution >= 4 is 22.4 Å². The Morgan fingerprint density at radius 3 is 2.68 bits per heavy atom. The minimum absolute atomic E-state index is 0.0533. The van der Waals surface area contributed by atoms with Gasteiger partial charge in [0.25, 0.3) is 0 Å². The molecule has 0 bridgehead atoms. The molecule has 3 N–H and O–H groups in total. The van der Waals surface area contributed by atoms with Gasteiger partial charge < -0.3 is 25.4 Å². The molecule has 0 radical (unpaired) electrons. The van der Waals surface area contributed by atoms with Crippen LogP contribution < -0.4 is 25.4 Å². The van der Waals surface area contributed by atoms with E-state index >= 15 is 4.39 Å². The lowest BCUT2D eigenvalue weighted by atomic mass is 9.92. The number of aromatic nitrogens is 3. The van der Waals surface area contributed by atoms with Crippen LogP contribution in [0.3, 0.4) is 0 Å². The van der Waals surface area contributed by atoms with Crippen LogP contribution >= 0.6 is 0 Å². The Morgan fingerprint density at radius 1 is 1.24 bits per heavy atom. The molecule has 1 aromatic carbocycles. The molecule has 5 rings (SSSR count). The van der Waals surface area contributed by atoms with E-state index in [1.165, 1.54) is 14.0 Å². The van der Waals surface area contributed by atoms with Gasteiger partial charge in [0, 0.05) is 30.6 Å². The van der Waals surface area contributed by atoms with Crippen molar-refractivity contribution in [2.24, 2.45) is 0 Å². The van der Waals surface area contributed by atoms with Crippen molar-refractivity contribution in [3.63, 3.8) is 0 Å². The quantitative estimate of drug-likeness (QED) is 0.380. The number of benzene rings is 1. The standard InChI is InChI=1S/C25H28F4N6O2/c1-5-12-9-35-17(8-31-12)11(3)37-24-18-21(33-25(36-4)34-23(18)35)19(27)20(32-24)14-7-16(30)15(26)6-13(14)10(2)22(28)29/h6-7,10-12,17,22,31H,5,8-9,30H2,1-4H3/t10-,11+,12-,17+/m1/s1. The van der Waals surface area contributed by atoms with E-state index in [1.807, 2.05) is 6.92 Å². The predicted octanol–water partition coefficient (Wildman–Crippen LogP) is 4.27. The SMILES string of the molecule is CC[C@@H]1CN2c3nc(OC)nc4c(F)c(-c5cc(N)c(F)cc5[C@@H](C)C(F)F)nc(c34)O[C@@H](C)[C@@H]2CN1. The Kier molecular flexibility index (Phi) is 6.47. The lowest BCUT2D eigenvalue weighted by molar-refractivity contribution is 0.121. The number of ether oxygens (including phenoxy) is 2. The molecule has 0 unspecified atom stereocenters. The molecule has 0 amide bonds. The number of nitrogens with zero attached hydrogens (tertiary/aromatic N) is 4. The first-order valence-electron chi connectivity index (χ1n) is 12.1. The molecule has 4 heterocycles. The normalized spacial score (nSPS) is 22.0. The molecule has 1 saturated heterocycles. The second-order valence-electron chi connectivity index (χ2n) is 9.48. The van der Waals surface area contributed by atoms with Gasteiger partial charge in [-0.3, -0.25) is 0 Å². The highest BCUT2D eigenvalue weighted by atomic mass is 19.3. The molecule has 8 nitrogen and oxygen atoms in total. The molecule has 0 saturated carbocycles. The van der Waals surface area contributed by atoms with Crippen molar-refractivity contribution in [2.45, 2.75) is 57.7 Å². The monoisotopic (exact) mass is 520 g/mol. The van der Waals surface area contributed by atoms with E-state index in [2.05, 4.69) is 32.1 Å². The molecule has 0 spiro atoms. The van der Waals surface area contributed by atoms with E-state index < -0.39 is 30.1 Å². The van der Waals surface area contributed by atoms with E-state index in [9.17, 15) is 13.2 Å². The number of methoxy groups -OCH3 is 1. The fourth-order valence-corrected chi connectivity index (χ4v) is 5.02. The largest absolute Gasteiger partial charge is 0.472 e. The number of hydrogen-bond acceptors (Lipinski definition) is 8. The first kappa shape index (κ1) is 25.2. The number of nitrogen functional groups attached to an aromatic ring is 1. The van der Waals surface area contributed by atoms with Crippen LogP contribution in [0.15, 0.2) is 12.1 Å². The summed E-state index contributed by atoms with van der Waals surface area (Å²) in [7, 11) is 1.37. The number of rotatable bonds is 5. The van der Waals surface area contributed by atoms with Crippen LogP contribution in [0.4, 0.5) is 29.1 Å². The summed E-state index contributed by atoms with van der Waals surface area (Å²) in [4.78, 5) is 15.3. The number of pyridine rings is 1. The molecule has 4 atom stereocenters. The number of nitrogens with one attached hydrogen (secondary N) is 1. The van der Waals surface area contributed by atoms with Gasteiger partial charge in [-0.15, -0.1) is 0 Å². The van der Waals surface area contributed by atoms with Crippen LogP contribution in [0.5, 0.6) is 11.9 Å². The van der Waals surface area contributed by atoms with E-state index in [1.54, 1.807) is 0 Å². The summed E-state index contributed by atoms with van der Waals surface area (Å²) in [5.41, 5.74) is 4.79. The number of anilines is 2. The Hall–Kier alpha value is -3.41. The van der Waals surface area contributed by atoms with Gasteiger partial charge in [0.15, 0.2) is 5.82 Å². The number of fused-ring (bicyclic) bond motifs is 2. The van der Waals surface area contributed by atoms with Gasteiger partial charge in [0.2, 0.25) is 12.3 Å². The second kappa shape index (κ2) is 9.47. The first-order valence-corrected chi connectivity index (χ1v) is 12.1. The van der Waals surface area contributed by atoms with Gasteiger partial charge in [0.1, 0.15) is 34.3 Å². The highest BCUT2D eigenvalue weighted by molar-refractivity contribution is 5.97. The van der Waals surface area contributed by atoms with Crippen LogP contribution in [-0.2, 0) is 0 Å². The van der Waals surface area contributed by atoms with E-state index in [0.29, 0.717) is 18.9 Å². The Bertz CT molecular complexity index is 1360. The summed E-state index contributed by atoms with van der Waals surface area (Å²) in [6.07, 6.45) is -2.34. The summed E-state index contributed by atoms with van der Waals surface area (Å²) in [5, 5.41) is 3.75. The van der Waals surface area contributed by atoms with Gasteiger partial charge in [-0.25, -0.2) is 22.5 Å². The van der Waals surface area contributed by atoms with Crippen molar-refractivity contribution in [3.8, 4) is 23.1 Å². The summed E-state index contributed by atoms with van der Waals surface area (Å²) >= 11 is 0. The highest BCUT2D eigenvalue weighted by Crippen LogP contribution is 2.44. The number of hydrogen-bond donors (Lipinski definition) is 2. The van der Waals surface area contributed by atoms with Crippen LogP contribution in [0, 0.1) is 11.6 Å². The number of piperazine rings is 1. The molecular weight excluding hydrogens is 492 g/mol. The fourth-order valence-electron chi connectivity index (χ4n) is 5.02. The zero-order valence-corrected chi connectivity index (χ0v) is 20.9. The summed E-state index contributed by atoms with van der Waals surface area (Å²) in [6.45, 7) is 6.36. The summed E-state index contributed by atoms with van der Waals surface area (Å²) in [5.74, 6) is -2.72. The lowest BCUT2D eigenvalue weighted by Gasteiger charge is -2.41. The lowest BCUT2D eigenvalue weighted by Crippen LogP contribution is -2.60. The highest BCUT2D eigenvalue weighted by Gasteiger charge is 2.39. The van der Waals surface area contributed by atoms with Crippen LogP contribution in [0.2, 0.25) is 0 Å². The molecule has 12 heteroatoms. The zero-order valence-electron chi connectivity index (χ0n) is 20.9. The zero-order chi connectivity index (χ0) is 26.6. The topological polar surface area (TPSA) is 98.4 Å². The Balaban J connectivity index is 1.81. The average molecular weight is 521 g/mol. The molecular formula is C25H28F4N6O2. The Morgan fingerprint density at radius 2 is 2.00 bits per heavy atom. The minimum atomic E-state index is -2.83. The molecule has 3 aromatic rings. The summed E-state index contributed by atoms with van der Waals surface area (Å²) in [6, 6.07) is 1.98. The van der Waals surface area contributed by atoms with Crippen molar-refractivity contribution in [3.05, 3.63) is 29.3 Å². The minimum Gasteiger partial charge on any atom is -0.472 e. The van der Waals surface area contributed by atoms with Gasteiger partial charge in [-0.05, 0) is 31.0 Å². The molecule has 0 aliphatic carbocycles. The molecule has 1 fully saturated rings. The predicted molar refractivity (Wildman–Crippen MR) is 131 cm³/mol. The number of alkyl halides is 2. The van der Waals surface area contributed by atoms with Crippen LogP contribution in [0.1, 0.15) is 38.7 Å². The van der Waals surface area contributed by atoms with E-state index in [0.717, 1.165) is 18.6 Å². The van der Waals surface area contributed by atoms with E-state index in [-0.39, 0.29) is 57.4 Å². The van der Waals surface area contributed by atoms with Crippen molar-refractivity contribution in [1.29, 1.82) is 0 Å². The number of nitrogens with two attached hydrogens (primary N) is 1. The molecule has 37 heavy (non-hydrogen) atoms. The third kappa shape index (κ3) is 4.16. The van der Waals surface area contributed by atoms with Crippen LogP contribution in [0.25, 0.3) is 22.2 Å². The summed E-state index contributed by atoms with van der Waals surface area (Å²) < 4.78 is 69.5. The average Bonchev–Trinajstić information content (AvgIpc) is 3.00. The molecule has 198 valence electrons. The molecule has 2 aromatic heterocycles. The first-order chi connectivity index (χ1) is 17.6. The van der Waals surface area contributed by atoms with Gasteiger partial charge >= 0.3 is 6.01 Å². The Labute approximate surface area is 211 Å². The van der Waals surface area contributed by atoms with Crippen molar-refractivity contribution < 1.29 is 27.0 Å². The molecule has 2 aliphatic rings. The van der Waals surface area contributed by atoms with E-state index in [4.69, 9.17) is 15.2 Å².